The molecule has 3 N–H and O–H groups in total. The van der Waals surface area contributed by atoms with Crippen molar-refractivity contribution in [2.45, 2.75) is 13.0 Å². The van der Waals surface area contributed by atoms with Gasteiger partial charge in [0.15, 0.2) is 0 Å². The lowest BCUT2D eigenvalue weighted by Crippen LogP contribution is -2.12. The summed E-state index contributed by atoms with van der Waals surface area (Å²) in [6.45, 7) is 1.64. The summed E-state index contributed by atoms with van der Waals surface area (Å²) in [5.74, 6) is -0.572. The van der Waals surface area contributed by atoms with Gasteiger partial charge in [0.2, 0.25) is 0 Å². The second-order valence-corrected chi connectivity index (χ2v) is 3.63. The van der Waals surface area contributed by atoms with Gasteiger partial charge in [0.05, 0.1) is 23.7 Å². The Bertz CT molecular complexity index is 531. The first-order chi connectivity index (χ1) is 8.08. The van der Waals surface area contributed by atoms with Crippen molar-refractivity contribution in [3.05, 3.63) is 42.0 Å². The number of rotatable bonds is 3. The Hall–Kier alpha value is -2.21. The number of carbonyl (C=O) groups is 1. The smallest absolute Gasteiger partial charge is 0.269 e. The number of carbonyl (C=O) groups excluding carboxylic acids is 1. The van der Waals surface area contributed by atoms with Crippen LogP contribution in [0.3, 0.4) is 0 Å². The van der Waals surface area contributed by atoms with Crippen LogP contribution in [0.25, 0.3) is 5.69 Å². The topological polar surface area (TPSA) is 94.0 Å². The van der Waals surface area contributed by atoms with Gasteiger partial charge in [-0.15, -0.1) is 0 Å². The van der Waals surface area contributed by atoms with Gasteiger partial charge in [-0.1, -0.05) is 0 Å². The van der Waals surface area contributed by atoms with Gasteiger partial charge in [-0.25, -0.2) is 4.68 Å². The average molecular weight is 232 g/mol. The van der Waals surface area contributed by atoms with E-state index in [0.29, 0.717) is 11.4 Å². The molecule has 0 spiro atoms. The molecule has 2 aromatic rings. The van der Waals surface area contributed by atoms with E-state index < -0.39 is 12.0 Å². The SMILES string of the molecule is CC(O)c1ccc(-n2ccc(C(N)=O)n2)cn1. The van der Waals surface area contributed by atoms with Gasteiger partial charge in [-0.3, -0.25) is 9.78 Å². The number of primary amides is 1. The summed E-state index contributed by atoms with van der Waals surface area (Å²) in [6, 6.07) is 4.99. The van der Waals surface area contributed by atoms with E-state index in [1.165, 1.54) is 10.7 Å². The molecule has 6 heteroatoms. The summed E-state index contributed by atoms with van der Waals surface area (Å²) in [6.07, 6.45) is 2.58. The zero-order chi connectivity index (χ0) is 12.4. The number of hydrogen-bond acceptors (Lipinski definition) is 4. The summed E-state index contributed by atoms with van der Waals surface area (Å²) < 4.78 is 1.50. The van der Waals surface area contributed by atoms with Crippen LogP contribution in [0.2, 0.25) is 0 Å². The number of pyridine rings is 1. The van der Waals surface area contributed by atoms with Crippen LogP contribution in [0.1, 0.15) is 29.2 Å². The molecule has 1 unspecified atom stereocenters. The van der Waals surface area contributed by atoms with Crippen molar-refractivity contribution in [1.82, 2.24) is 14.8 Å². The van der Waals surface area contributed by atoms with E-state index in [1.54, 1.807) is 31.5 Å². The van der Waals surface area contributed by atoms with E-state index in [4.69, 9.17) is 5.73 Å². The molecule has 0 radical (unpaired) electrons. The van der Waals surface area contributed by atoms with E-state index in [1.807, 2.05) is 0 Å². The quantitative estimate of drug-likeness (QED) is 0.801. The van der Waals surface area contributed by atoms with Crippen molar-refractivity contribution < 1.29 is 9.90 Å². The van der Waals surface area contributed by atoms with Gasteiger partial charge in [-0.05, 0) is 25.1 Å². The molecule has 1 atom stereocenters. The number of nitrogens with zero attached hydrogens (tertiary/aromatic N) is 3. The molecule has 0 aromatic carbocycles. The number of nitrogens with two attached hydrogens (primary N) is 1. The maximum Gasteiger partial charge on any atom is 0.269 e. The molecular weight excluding hydrogens is 220 g/mol. The lowest BCUT2D eigenvalue weighted by atomic mass is 10.2. The van der Waals surface area contributed by atoms with E-state index in [0.717, 1.165) is 0 Å². The third kappa shape index (κ3) is 2.31. The Morgan fingerprint density at radius 3 is 2.71 bits per heavy atom. The summed E-state index contributed by atoms with van der Waals surface area (Å²) in [4.78, 5) is 15.0. The van der Waals surface area contributed by atoms with Gasteiger partial charge in [0.25, 0.3) is 5.91 Å². The summed E-state index contributed by atoms with van der Waals surface area (Å²) in [7, 11) is 0. The van der Waals surface area contributed by atoms with Crippen LogP contribution in [-0.2, 0) is 0 Å². The molecule has 0 aliphatic heterocycles. The molecule has 0 saturated heterocycles. The monoisotopic (exact) mass is 232 g/mol. The number of aliphatic hydroxyl groups excluding tert-OH is 1. The fraction of sp³-hybridized carbons (Fsp3) is 0.182. The average Bonchev–Trinajstić information content (AvgIpc) is 2.78. The van der Waals surface area contributed by atoms with Crippen LogP contribution < -0.4 is 5.73 Å². The van der Waals surface area contributed by atoms with Gasteiger partial charge < -0.3 is 10.8 Å². The molecular formula is C11H12N4O2. The van der Waals surface area contributed by atoms with Crippen molar-refractivity contribution in [3.63, 3.8) is 0 Å². The van der Waals surface area contributed by atoms with E-state index in [2.05, 4.69) is 10.1 Å². The molecule has 0 aliphatic rings. The van der Waals surface area contributed by atoms with Crippen LogP contribution in [0, 0.1) is 0 Å². The van der Waals surface area contributed by atoms with Gasteiger partial charge >= 0.3 is 0 Å². The maximum absolute atomic E-state index is 10.9. The predicted octanol–water partition coefficient (Wildman–Crippen LogP) is 0.420. The number of hydrogen-bond donors (Lipinski definition) is 2. The highest BCUT2D eigenvalue weighted by molar-refractivity contribution is 5.90. The first-order valence-corrected chi connectivity index (χ1v) is 5.08. The van der Waals surface area contributed by atoms with Crippen molar-refractivity contribution >= 4 is 5.91 Å². The highest BCUT2D eigenvalue weighted by Gasteiger charge is 2.07. The lowest BCUT2D eigenvalue weighted by Gasteiger charge is -2.05. The molecule has 0 aliphatic carbocycles. The van der Waals surface area contributed by atoms with Crippen LogP contribution in [0.15, 0.2) is 30.6 Å². The maximum atomic E-state index is 10.9. The molecule has 6 nitrogen and oxygen atoms in total. The Balaban J connectivity index is 2.30. The Kier molecular flexibility index (Phi) is 2.88. The number of aliphatic hydroxyl groups is 1. The zero-order valence-electron chi connectivity index (χ0n) is 9.24. The Morgan fingerprint density at radius 1 is 1.47 bits per heavy atom. The fourth-order valence-corrected chi connectivity index (χ4v) is 1.38. The van der Waals surface area contributed by atoms with Gasteiger partial charge in [-0.2, -0.15) is 5.10 Å². The first-order valence-electron chi connectivity index (χ1n) is 5.08. The third-order valence-electron chi connectivity index (χ3n) is 2.30. The summed E-state index contributed by atoms with van der Waals surface area (Å²) in [5.41, 5.74) is 6.58. The molecule has 0 bridgehead atoms. The number of amides is 1. The Morgan fingerprint density at radius 2 is 2.24 bits per heavy atom. The van der Waals surface area contributed by atoms with Crippen LogP contribution in [-0.4, -0.2) is 25.8 Å². The molecule has 2 heterocycles. The fourth-order valence-electron chi connectivity index (χ4n) is 1.38. The third-order valence-corrected chi connectivity index (χ3v) is 2.30. The number of aromatic nitrogens is 3. The van der Waals surface area contributed by atoms with E-state index in [-0.39, 0.29) is 5.69 Å². The van der Waals surface area contributed by atoms with Crippen molar-refractivity contribution in [1.29, 1.82) is 0 Å². The lowest BCUT2D eigenvalue weighted by molar-refractivity contribution is 0.0995. The Labute approximate surface area is 97.7 Å². The molecule has 88 valence electrons. The molecule has 0 saturated carbocycles. The molecule has 0 fully saturated rings. The molecule has 2 aromatic heterocycles. The highest BCUT2D eigenvalue weighted by atomic mass is 16.3. The summed E-state index contributed by atoms with van der Waals surface area (Å²) >= 11 is 0. The highest BCUT2D eigenvalue weighted by Crippen LogP contribution is 2.11. The van der Waals surface area contributed by atoms with Crippen molar-refractivity contribution in [3.8, 4) is 5.69 Å². The largest absolute Gasteiger partial charge is 0.387 e. The second-order valence-electron chi connectivity index (χ2n) is 3.63. The molecule has 1 amide bonds. The minimum Gasteiger partial charge on any atom is -0.387 e. The van der Waals surface area contributed by atoms with Gasteiger partial charge in [0.1, 0.15) is 5.69 Å². The predicted molar refractivity (Wildman–Crippen MR) is 60.5 cm³/mol. The van der Waals surface area contributed by atoms with Crippen molar-refractivity contribution in [2.75, 3.05) is 0 Å². The van der Waals surface area contributed by atoms with Gasteiger partial charge in [0, 0.05) is 6.20 Å². The van der Waals surface area contributed by atoms with Crippen molar-refractivity contribution in [2.24, 2.45) is 5.73 Å². The van der Waals surface area contributed by atoms with E-state index >= 15 is 0 Å². The second kappa shape index (κ2) is 4.34. The molecule has 2 rings (SSSR count). The standard InChI is InChI=1S/C11H12N4O2/c1-7(16)9-3-2-8(6-13-9)15-5-4-10(14-15)11(12)17/h2-7,16H,1H3,(H2,12,17). The van der Waals surface area contributed by atoms with Crippen LogP contribution in [0.4, 0.5) is 0 Å². The summed E-state index contributed by atoms with van der Waals surface area (Å²) in [5, 5.41) is 13.3. The molecule has 17 heavy (non-hydrogen) atoms. The normalized spacial score (nSPS) is 12.4. The minimum absolute atomic E-state index is 0.199. The van der Waals surface area contributed by atoms with E-state index in [9.17, 15) is 9.90 Å². The van der Waals surface area contributed by atoms with Crippen LogP contribution in [0.5, 0.6) is 0 Å². The minimum atomic E-state index is -0.608. The van der Waals surface area contributed by atoms with Crippen LogP contribution >= 0.6 is 0 Å². The zero-order valence-corrected chi connectivity index (χ0v) is 9.24. The first kappa shape index (κ1) is 11.3.